The second kappa shape index (κ2) is 6.60. The number of nitrogens with zero attached hydrogens (tertiary/aromatic N) is 3. The van der Waals surface area contributed by atoms with Gasteiger partial charge in [0.05, 0.1) is 11.8 Å². The lowest BCUT2D eigenvalue weighted by Gasteiger charge is -2.38. The molecule has 0 aromatic carbocycles. The van der Waals surface area contributed by atoms with Crippen molar-refractivity contribution in [1.82, 2.24) is 10.1 Å². The molecule has 0 saturated heterocycles. The topological polar surface area (TPSA) is 96.4 Å². The van der Waals surface area contributed by atoms with Gasteiger partial charge in [0.1, 0.15) is 5.54 Å². The minimum absolute atomic E-state index is 0.0411. The van der Waals surface area contributed by atoms with Gasteiger partial charge in [-0.05, 0) is 19.8 Å². The first-order valence-electron chi connectivity index (χ1n) is 7.27. The lowest BCUT2D eigenvalue weighted by atomic mass is 9.81. The van der Waals surface area contributed by atoms with E-state index in [1.807, 2.05) is 0 Å². The number of nitriles is 1. The molecule has 1 heterocycles. The van der Waals surface area contributed by atoms with Crippen molar-refractivity contribution in [2.24, 2.45) is 0 Å². The molecule has 0 N–H and O–H groups in total. The number of rotatable bonds is 4. The Morgan fingerprint density at radius 2 is 2.14 bits per heavy atom. The summed E-state index contributed by atoms with van der Waals surface area (Å²) in [6.45, 7) is 1.26. The molecule has 0 radical (unpaired) electrons. The van der Waals surface area contributed by atoms with Crippen LogP contribution in [0.15, 0.2) is 10.6 Å². The van der Waals surface area contributed by atoms with Crippen molar-refractivity contribution >= 4 is 11.9 Å². The zero-order valence-electron chi connectivity index (χ0n) is 12.8. The third kappa shape index (κ3) is 3.27. The number of amides is 1. The fourth-order valence-electron chi connectivity index (χ4n) is 2.65. The van der Waals surface area contributed by atoms with Crippen LogP contribution >= 0.6 is 0 Å². The van der Waals surface area contributed by atoms with Gasteiger partial charge in [0.15, 0.2) is 6.61 Å². The molecule has 118 valence electrons. The molecule has 1 fully saturated rings. The number of aryl methyl sites for hydroxylation is 1. The van der Waals surface area contributed by atoms with Crippen molar-refractivity contribution in [2.75, 3.05) is 13.7 Å². The number of esters is 1. The van der Waals surface area contributed by atoms with Gasteiger partial charge in [-0.1, -0.05) is 24.4 Å². The number of aromatic nitrogens is 1. The van der Waals surface area contributed by atoms with E-state index in [1.165, 1.54) is 11.0 Å². The summed E-state index contributed by atoms with van der Waals surface area (Å²) < 4.78 is 9.71. The van der Waals surface area contributed by atoms with Gasteiger partial charge in [-0.15, -0.1) is 0 Å². The summed E-state index contributed by atoms with van der Waals surface area (Å²) in [7, 11) is 1.59. The fourth-order valence-corrected chi connectivity index (χ4v) is 2.65. The van der Waals surface area contributed by atoms with E-state index < -0.39 is 24.0 Å². The Morgan fingerprint density at radius 1 is 1.45 bits per heavy atom. The third-order valence-electron chi connectivity index (χ3n) is 4.06. The monoisotopic (exact) mass is 305 g/mol. The molecule has 0 unspecified atom stereocenters. The van der Waals surface area contributed by atoms with Gasteiger partial charge in [-0.25, -0.2) is 4.79 Å². The van der Waals surface area contributed by atoms with Gasteiger partial charge in [-0.3, -0.25) is 4.79 Å². The van der Waals surface area contributed by atoms with Gasteiger partial charge in [0.2, 0.25) is 5.76 Å². The Kier molecular flexibility index (Phi) is 4.81. The van der Waals surface area contributed by atoms with E-state index in [9.17, 15) is 14.9 Å². The summed E-state index contributed by atoms with van der Waals surface area (Å²) in [5.41, 5.74) is -0.231. The van der Waals surface area contributed by atoms with Gasteiger partial charge < -0.3 is 14.2 Å². The standard InChI is InChI=1S/C15H19N3O4/c1-11-8-12(22-17-11)14(20)21-9-13(19)18(2)15(10-16)6-4-3-5-7-15/h8H,3-7,9H2,1-2H3. The Labute approximate surface area is 128 Å². The maximum Gasteiger partial charge on any atom is 0.377 e. The van der Waals surface area contributed by atoms with Crippen molar-refractivity contribution in [3.63, 3.8) is 0 Å². The quantitative estimate of drug-likeness (QED) is 0.787. The zero-order chi connectivity index (χ0) is 16.2. The van der Waals surface area contributed by atoms with Gasteiger partial charge >= 0.3 is 5.97 Å². The second-order valence-electron chi connectivity index (χ2n) is 5.57. The van der Waals surface area contributed by atoms with Crippen molar-refractivity contribution in [3.8, 4) is 6.07 Å². The predicted molar refractivity (Wildman–Crippen MR) is 75.7 cm³/mol. The van der Waals surface area contributed by atoms with Crippen molar-refractivity contribution < 1.29 is 18.8 Å². The molecule has 1 saturated carbocycles. The highest BCUT2D eigenvalue weighted by Gasteiger charge is 2.39. The third-order valence-corrected chi connectivity index (χ3v) is 4.06. The Balaban J connectivity index is 1.94. The smallest absolute Gasteiger partial charge is 0.377 e. The Bertz CT molecular complexity index is 596. The molecule has 0 aliphatic heterocycles. The van der Waals surface area contributed by atoms with Crippen LogP contribution in [-0.2, 0) is 9.53 Å². The predicted octanol–water partition coefficient (Wildman–Crippen LogP) is 1.82. The number of hydrogen-bond donors (Lipinski definition) is 0. The van der Waals surface area contributed by atoms with Crippen LogP contribution in [0.5, 0.6) is 0 Å². The maximum absolute atomic E-state index is 12.2. The van der Waals surface area contributed by atoms with Crippen LogP contribution in [0.4, 0.5) is 0 Å². The van der Waals surface area contributed by atoms with Gasteiger partial charge in [-0.2, -0.15) is 5.26 Å². The van der Waals surface area contributed by atoms with E-state index in [1.54, 1.807) is 14.0 Å². The summed E-state index contributed by atoms with van der Waals surface area (Å²) in [6, 6.07) is 3.70. The molecule has 1 aliphatic carbocycles. The number of likely N-dealkylation sites (N-methyl/N-ethyl adjacent to an activating group) is 1. The molecule has 1 aliphatic rings. The van der Waals surface area contributed by atoms with Crippen molar-refractivity contribution in [3.05, 3.63) is 17.5 Å². The van der Waals surface area contributed by atoms with Crippen LogP contribution in [-0.4, -0.2) is 41.1 Å². The lowest BCUT2D eigenvalue weighted by Crippen LogP contribution is -2.51. The maximum atomic E-state index is 12.2. The molecule has 0 spiro atoms. The van der Waals surface area contributed by atoms with Crippen molar-refractivity contribution in [1.29, 1.82) is 5.26 Å². The van der Waals surface area contributed by atoms with Crippen LogP contribution in [0, 0.1) is 18.3 Å². The van der Waals surface area contributed by atoms with Crippen LogP contribution in [0.2, 0.25) is 0 Å². The van der Waals surface area contributed by atoms with Crippen LogP contribution in [0.1, 0.15) is 48.4 Å². The average molecular weight is 305 g/mol. The SMILES string of the molecule is Cc1cc(C(=O)OCC(=O)N(C)C2(C#N)CCCCC2)on1. The highest BCUT2D eigenvalue weighted by molar-refractivity contribution is 5.89. The van der Waals surface area contributed by atoms with Crippen LogP contribution in [0.25, 0.3) is 0 Å². The van der Waals surface area contributed by atoms with Gasteiger partial charge in [0, 0.05) is 13.1 Å². The van der Waals surface area contributed by atoms with E-state index >= 15 is 0 Å². The zero-order valence-corrected chi connectivity index (χ0v) is 12.8. The molecular formula is C15H19N3O4. The second-order valence-corrected chi connectivity index (χ2v) is 5.57. The first kappa shape index (κ1) is 16.0. The Hall–Kier alpha value is -2.36. The molecule has 0 bridgehead atoms. The fraction of sp³-hybridized carbons (Fsp3) is 0.600. The molecule has 7 nitrogen and oxygen atoms in total. The van der Waals surface area contributed by atoms with Crippen molar-refractivity contribution in [2.45, 2.75) is 44.6 Å². The average Bonchev–Trinajstić information content (AvgIpc) is 2.98. The molecule has 22 heavy (non-hydrogen) atoms. The Morgan fingerprint density at radius 3 is 2.68 bits per heavy atom. The molecule has 1 amide bonds. The summed E-state index contributed by atoms with van der Waals surface area (Å²) in [4.78, 5) is 25.3. The number of ether oxygens (including phenoxy) is 1. The highest BCUT2D eigenvalue weighted by atomic mass is 16.6. The summed E-state index contributed by atoms with van der Waals surface area (Å²) >= 11 is 0. The molecule has 7 heteroatoms. The summed E-state index contributed by atoms with van der Waals surface area (Å²) in [6.07, 6.45) is 4.22. The van der Waals surface area contributed by atoms with E-state index in [0.717, 1.165) is 19.3 Å². The van der Waals surface area contributed by atoms with E-state index in [2.05, 4.69) is 11.2 Å². The number of carbonyl (C=O) groups is 2. The number of hydrogen-bond acceptors (Lipinski definition) is 6. The summed E-state index contributed by atoms with van der Waals surface area (Å²) in [5, 5.41) is 13.0. The highest BCUT2D eigenvalue weighted by Crippen LogP contribution is 2.32. The molecule has 2 rings (SSSR count). The molecule has 1 aromatic heterocycles. The van der Waals surface area contributed by atoms with Crippen LogP contribution < -0.4 is 0 Å². The van der Waals surface area contributed by atoms with Gasteiger partial charge in [0.25, 0.3) is 5.91 Å². The van der Waals surface area contributed by atoms with E-state index in [4.69, 9.17) is 9.26 Å². The van der Waals surface area contributed by atoms with E-state index in [0.29, 0.717) is 18.5 Å². The van der Waals surface area contributed by atoms with E-state index in [-0.39, 0.29) is 5.76 Å². The normalized spacial score (nSPS) is 16.6. The first-order valence-corrected chi connectivity index (χ1v) is 7.27. The minimum atomic E-state index is -0.787. The molecule has 0 atom stereocenters. The largest absolute Gasteiger partial charge is 0.450 e. The molecular weight excluding hydrogens is 286 g/mol. The number of carbonyl (C=O) groups excluding carboxylic acids is 2. The molecule has 1 aromatic rings. The first-order chi connectivity index (χ1) is 10.5. The summed E-state index contributed by atoms with van der Waals surface area (Å²) in [5.74, 6) is -1.18. The minimum Gasteiger partial charge on any atom is -0.450 e. The lowest BCUT2D eigenvalue weighted by molar-refractivity contribution is -0.138. The van der Waals surface area contributed by atoms with Crippen LogP contribution in [0.3, 0.4) is 0 Å².